The number of nitrogens with one attached hydrogen (secondary N) is 1. The van der Waals surface area contributed by atoms with E-state index in [-0.39, 0.29) is 18.1 Å². The van der Waals surface area contributed by atoms with E-state index in [1.807, 2.05) is 0 Å². The number of halogens is 3. The molecule has 0 radical (unpaired) electrons. The van der Waals surface area contributed by atoms with E-state index in [2.05, 4.69) is 5.10 Å². The molecule has 1 aromatic rings. The minimum absolute atomic E-state index is 0.0956. The van der Waals surface area contributed by atoms with E-state index in [9.17, 15) is 21.6 Å². The van der Waals surface area contributed by atoms with Gasteiger partial charge in [0.2, 0.25) is 10.0 Å². The first-order valence-electron chi connectivity index (χ1n) is 5.35. The number of aromatic nitrogens is 2. The molecule has 1 N–H and O–H groups in total. The minimum Gasteiger partial charge on any atom is -0.271 e. The fourth-order valence-corrected chi connectivity index (χ4v) is 2.49. The second-order valence-electron chi connectivity index (χ2n) is 3.61. The Bertz CT molecular complexity index is 495. The van der Waals surface area contributed by atoms with Crippen molar-refractivity contribution < 1.29 is 21.6 Å². The summed E-state index contributed by atoms with van der Waals surface area (Å²) in [5.74, 6) is -0.424. The van der Waals surface area contributed by atoms with E-state index in [1.165, 1.54) is 6.92 Å². The molecule has 9 heteroatoms. The number of hydrogen-bond donors (Lipinski definition) is 1. The average Bonchev–Trinajstić information content (AvgIpc) is 2.74. The first kappa shape index (κ1) is 14.8. The fourth-order valence-electron chi connectivity index (χ4n) is 1.34. The number of anilines is 1. The zero-order valence-corrected chi connectivity index (χ0v) is 10.8. The number of nitrogens with zero attached hydrogens (tertiary/aromatic N) is 2. The summed E-state index contributed by atoms with van der Waals surface area (Å²) in [6, 6.07) is 0.697. The van der Waals surface area contributed by atoms with Crippen molar-refractivity contribution in [3.8, 4) is 0 Å². The predicted molar refractivity (Wildman–Crippen MR) is 60.7 cm³/mol. The minimum atomic E-state index is -4.57. The summed E-state index contributed by atoms with van der Waals surface area (Å²) >= 11 is 0. The number of H-pyrrole nitrogens is 1. The van der Waals surface area contributed by atoms with E-state index >= 15 is 0 Å². The summed E-state index contributed by atoms with van der Waals surface area (Å²) in [5.41, 5.74) is -1.06. The van der Waals surface area contributed by atoms with Crippen LogP contribution in [0, 0.1) is 0 Å². The monoisotopic (exact) mass is 285 g/mol. The van der Waals surface area contributed by atoms with Crippen LogP contribution in [-0.2, 0) is 16.2 Å². The third-order valence-electron chi connectivity index (χ3n) is 2.25. The van der Waals surface area contributed by atoms with Crippen molar-refractivity contribution in [2.45, 2.75) is 26.4 Å². The Morgan fingerprint density at radius 1 is 1.39 bits per heavy atom. The molecule has 0 atom stereocenters. The maximum absolute atomic E-state index is 12.4. The molecule has 104 valence electrons. The normalized spacial score (nSPS) is 12.7. The van der Waals surface area contributed by atoms with Crippen LogP contribution in [0.3, 0.4) is 0 Å². The fraction of sp³-hybridized carbons (Fsp3) is 0.667. The molecule has 1 aromatic heterocycles. The maximum Gasteiger partial charge on any atom is 0.432 e. The van der Waals surface area contributed by atoms with Crippen molar-refractivity contribution in [2.75, 3.05) is 16.6 Å². The van der Waals surface area contributed by atoms with Gasteiger partial charge in [-0.25, -0.2) is 8.42 Å². The zero-order chi connectivity index (χ0) is 14.0. The highest BCUT2D eigenvalue weighted by Gasteiger charge is 2.34. The Labute approximate surface area is 103 Å². The van der Waals surface area contributed by atoms with Crippen LogP contribution in [0.1, 0.15) is 26.0 Å². The van der Waals surface area contributed by atoms with Crippen molar-refractivity contribution in [2.24, 2.45) is 0 Å². The van der Waals surface area contributed by atoms with Gasteiger partial charge in [0.15, 0.2) is 5.82 Å². The lowest BCUT2D eigenvalue weighted by molar-refractivity contribution is -0.141. The van der Waals surface area contributed by atoms with Gasteiger partial charge in [0.25, 0.3) is 0 Å². The van der Waals surface area contributed by atoms with E-state index in [0.717, 1.165) is 4.31 Å². The van der Waals surface area contributed by atoms with E-state index in [1.54, 1.807) is 12.0 Å². The van der Waals surface area contributed by atoms with Crippen molar-refractivity contribution in [3.05, 3.63) is 11.8 Å². The molecule has 18 heavy (non-hydrogen) atoms. The summed E-state index contributed by atoms with van der Waals surface area (Å²) in [6.45, 7) is 3.25. The number of alkyl halides is 3. The Hall–Kier alpha value is -1.25. The SMILES string of the molecule is CCCN(c1cc(C(F)(F)F)[nH]n1)S(=O)(=O)CC. The summed E-state index contributed by atoms with van der Waals surface area (Å²) in [4.78, 5) is 0. The summed E-state index contributed by atoms with van der Waals surface area (Å²) in [6.07, 6.45) is -4.09. The Kier molecular flexibility index (Phi) is 4.25. The molecule has 0 unspecified atom stereocenters. The summed E-state index contributed by atoms with van der Waals surface area (Å²) < 4.78 is 61.5. The molecule has 1 heterocycles. The van der Waals surface area contributed by atoms with Crippen LogP contribution >= 0.6 is 0 Å². The quantitative estimate of drug-likeness (QED) is 0.899. The molecule has 0 aliphatic rings. The van der Waals surface area contributed by atoms with Gasteiger partial charge in [0, 0.05) is 12.6 Å². The number of rotatable bonds is 5. The van der Waals surface area contributed by atoms with Crippen LogP contribution < -0.4 is 4.31 Å². The number of sulfonamides is 1. The van der Waals surface area contributed by atoms with Gasteiger partial charge >= 0.3 is 6.18 Å². The third-order valence-corrected chi connectivity index (χ3v) is 4.02. The van der Waals surface area contributed by atoms with Crippen LogP contribution in [-0.4, -0.2) is 30.9 Å². The van der Waals surface area contributed by atoms with Crippen LogP contribution in [0.15, 0.2) is 6.07 Å². The first-order valence-corrected chi connectivity index (χ1v) is 6.96. The van der Waals surface area contributed by atoms with Crippen LogP contribution in [0.4, 0.5) is 19.0 Å². The summed E-state index contributed by atoms with van der Waals surface area (Å²) in [7, 11) is -3.62. The van der Waals surface area contributed by atoms with Gasteiger partial charge in [-0.3, -0.25) is 9.40 Å². The highest BCUT2D eigenvalue weighted by Crippen LogP contribution is 2.30. The lowest BCUT2D eigenvalue weighted by atomic mass is 10.4. The van der Waals surface area contributed by atoms with Crippen molar-refractivity contribution in [1.82, 2.24) is 10.2 Å². The van der Waals surface area contributed by atoms with Gasteiger partial charge in [-0.2, -0.15) is 18.3 Å². The van der Waals surface area contributed by atoms with Crippen LogP contribution in [0.25, 0.3) is 0 Å². The molecule has 0 saturated heterocycles. The smallest absolute Gasteiger partial charge is 0.271 e. The van der Waals surface area contributed by atoms with Crippen molar-refractivity contribution in [1.29, 1.82) is 0 Å². The van der Waals surface area contributed by atoms with Gasteiger partial charge in [0.05, 0.1) is 5.75 Å². The number of hydrogen-bond acceptors (Lipinski definition) is 3. The molecule has 0 bridgehead atoms. The molecule has 0 aliphatic carbocycles. The van der Waals surface area contributed by atoms with Gasteiger partial charge in [0.1, 0.15) is 5.69 Å². The Balaban J connectivity index is 3.12. The number of aromatic amines is 1. The van der Waals surface area contributed by atoms with Gasteiger partial charge in [-0.15, -0.1) is 0 Å². The molecule has 0 amide bonds. The largest absolute Gasteiger partial charge is 0.432 e. The maximum atomic E-state index is 12.4. The highest BCUT2D eigenvalue weighted by atomic mass is 32.2. The molecule has 1 rings (SSSR count). The lowest BCUT2D eigenvalue weighted by Crippen LogP contribution is -2.33. The first-order chi connectivity index (χ1) is 8.22. The van der Waals surface area contributed by atoms with E-state index in [4.69, 9.17) is 0 Å². The molecule has 0 fully saturated rings. The second-order valence-corrected chi connectivity index (χ2v) is 5.79. The molecule has 0 spiro atoms. The molecule has 0 saturated carbocycles. The molecule has 0 aliphatic heterocycles. The average molecular weight is 285 g/mol. The standard InChI is InChI=1S/C9H14F3N3O2S/c1-3-5-15(18(16,17)4-2)8-6-7(13-14-8)9(10,11)12/h6H,3-5H2,1-2H3,(H,13,14). The summed E-state index contributed by atoms with van der Waals surface area (Å²) in [5, 5.41) is 5.22. The third kappa shape index (κ3) is 3.15. The van der Waals surface area contributed by atoms with Crippen LogP contribution in [0.2, 0.25) is 0 Å². The second kappa shape index (κ2) is 5.17. The van der Waals surface area contributed by atoms with Gasteiger partial charge in [-0.05, 0) is 13.3 Å². The highest BCUT2D eigenvalue weighted by molar-refractivity contribution is 7.92. The van der Waals surface area contributed by atoms with Gasteiger partial charge in [-0.1, -0.05) is 6.92 Å². The molecule has 5 nitrogen and oxygen atoms in total. The predicted octanol–water partition coefficient (Wildman–Crippen LogP) is 1.99. The Morgan fingerprint density at radius 3 is 2.39 bits per heavy atom. The van der Waals surface area contributed by atoms with E-state index < -0.39 is 21.9 Å². The van der Waals surface area contributed by atoms with Crippen molar-refractivity contribution in [3.63, 3.8) is 0 Å². The van der Waals surface area contributed by atoms with Crippen LogP contribution in [0.5, 0.6) is 0 Å². The topological polar surface area (TPSA) is 66.1 Å². The lowest BCUT2D eigenvalue weighted by Gasteiger charge is -2.20. The molecule has 0 aromatic carbocycles. The van der Waals surface area contributed by atoms with E-state index in [0.29, 0.717) is 12.5 Å². The zero-order valence-electron chi connectivity index (χ0n) is 9.95. The Morgan fingerprint density at radius 2 is 2.00 bits per heavy atom. The van der Waals surface area contributed by atoms with Crippen molar-refractivity contribution >= 4 is 15.8 Å². The molecular formula is C9H14F3N3O2S. The van der Waals surface area contributed by atoms with Gasteiger partial charge < -0.3 is 0 Å². The molecular weight excluding hydrogens is 271 g/mol.